The molecule has 0 atom stereocenters. The van der Waals surface area contributed by atoms with E-state index in [0.717, 1.165) is 0 Å². The Morgan fingerprint density at radius 3 is 2.41 bits per heavy atom. The maximum Gasteiger partial charge on any atom is 0.257 e. The Labute approximate surface area is 163 Å². The van der Waals surface area contributed by atoms with Crippen molar-refractivity contribution in [3.8, 4) is 11.5 Å². The lowest BCUT2D eigenvalue weighted by atomic mass is 10.2. The van der Waals surface area contributed by atoms with Crippen LogP contribution in [0.4, 0.5) is 5.69 Å². The van der Waals surface area contributed by atoms with E-state index in [2.05, 4.69) is 10.0 Å². The predicted octanol–water partition coefficient (Wildman–Crippen LogP) is 3.30. The van der Waals surface area contributed by atoms with Gasteiger partial charge in [-0.05, 0) is 51.2 Å². The van der Waals surface area contributed by atoms with Crippen LogP contribution in [0, 0.1) is 0 Å². The summed E-state index contributed by atoms with van der Waals surface area (Å²) in [6.45, 7) is 4.55. The number of hydrogen-bond acceptors (Lipinski definition) is 5. The van der Waals surface area contributed by atoms with Gasteiger partial charge in [-0.3, -0.25) is 4.79 Å². The highest BCUT2D eigenvalue weighted by Crippen LogP contribution is 2.31. The molecule has 7 nitrogen and oxygen atoms in total. The molecule has 0 aliphatic heterocycles. The molecular formula is C18H21ClN2O5S. The second-order valence-electron chi connectivity index (χ2n) is 5.33. The van der Waals surface area contributed by atoms with Crippen LogP contribution in [0.15, 0.2) is 41.3 Å². The molecule has 0 radical (unpaired) electrons. The number of rotatable bonds is 8. The second-order valence-corrected chi connectivity index (χ2v) is 7.62. The van der Waals surface area contributed by atoms with Gasteiger partial charge in [-0.1, -0.05) is 11.6 Å². The summed E-state index contributed by atoms with van der Waals surface area (Å²) in [6.07, 6.45) is 0. The molecule has 0 saturated carbocycles. The monoisotopic (exact) mass is 412 g/mol. The molecule has 0 heterocycles. The topological polar surface area (TPSA) is 93.7 Å². The molecule has 0 saturated heterocycles. The van der Waals surface area contributed by atoms with Crippen molar-refractivity contribution in [1.82, 2.24) is 4.72 Å². The zero-order valence-corrected chi connectivity index (χ0v) is 16.8. The maximum atomic E-state index is 12.7. The van der Waals surface area contributed by atoms with Crippen LogP contribution < -0.4 is 19.5 Å². The van der Waals surface area contributed by atoms with Crippen LogP contribution in [-0.4, -0.2) is 34.6 Å². The number of sulfonamides is 1. The summed E-state index contributed by atoms with van der Waals surface area (Å²) >= 11 is 6.10. The van der Waals surface area contributed by atoms with E-state index in [4.69, 9.17) is 21.1 Å². The van der Waals surface area contributed by atoms with Crippen molar-refractivity contribution < 1.29 is 22.7 Å². The lowest BCUT2D eigenvalue weighted by molar-refractivity contribution is 0.102. The fourth-order valence-corrected chi connectivity index (χ4v) is 3.26. The summed E-state index contributed by atoms with van der Waals surface area (Å²) in [5.74, 6) is 0.459. The predicted molar refractivity (Wildman–Crippen MR) is 104 cm³/mol. The molecule has 0 bridgehead atoms. The number of carbonyl (C=O) groups is 1. The Morgan fingerprint density at radius 2 is 1.78 bits per heavy atom. The molecule has 0 fully saturated rings. The molecule has 0 aliphatic carbocycles. The minimum Gasteiger partial charge on any atom is -0.494 e. The molecule has 2 rings (SSSR count). The van der Waals surface area contributed by atoms with Crippen molar-refractivity contribution in [2.24, 2.45) is 0 Å². The van der Waals surface area contributed by atoms with Crippen LogP contribution in [0.2, 0.25) is 5.02 Å². The third-order valence-electron chi connectivity index (χ3n) is 3.57. The summed E-state index contributed by atoms with van der Waals surface area (Å²) in [4.78, 5) is 12.7. The Morgan fingerprint density at radius 1 is 1.07 bits per heavy atom. The van der Waals surface area contributed by atoms with Gasteiger partial charge in [0, 0.05) is 6.07 Å². The summed E-state index contributed by atoms with van der Waals surface area (Å²) in [7, 11) is -2.42. The Balaban J connectivity index is 2.39. The van der Waals surface area contributed by atoms with Crippen molar-refractivity contribution in [1.29, 1.82) is 0 Å². The van der Waals surface area contributed by atoms with Gasteiger partial charge in [-0.2, -0.15) is 0 Å². The first-order chi connectivity index (χ1) is 12.8. The molecule has 0 aliphatic rings. The van der Waals surface area contributed by atoms with Gasteiger partial charge >= 0.3 is 0 Å². The van der Waals surface area contributed by atoms with E-state index < -0.39 is 15.9 Å². The minimum absolute atomic E-state index is 0.0252. The third kappa shape index (κ3) is 5.12. The van der Waals surface area contributed by atoms with E-state index in [0.29, 0.717) is 30.4 Å². The first-order valence-corrected chi connectivity index (χ1v) is 10.1. The van der Waals surface area contributed by atoms with Crippen molar-refractivity contribution in [2.75, 3.05) is 25.6 Å². The van der Waals surface area contributed by atoms with E-state index in [-0.39, 0.29) is 15.5 Å². The van der Waals surface area contributed by atoms with Crippen LogP contribution in [-0.2, 0) is 10.0 Å². The molecule has 2 N–H and O–H groups in total. The molecule has 0 unspecified atom stereocenters. The van der Waals surface area contributed by atoms with Crippen LogP contribution in [0.5, 0.6) is 11.5 Å². The van der Waals surface area contributed by atoms with Crippen molar-refractivity contribution in [3.05, 3.63) is 47.0 Å². The molecule has 2 aromatic rings. The van der Waals surface area contributed by atoms with Gasteiger partial charge in [0.15, 0.2) is 0 Å². The number of carbonyl (C=O) groups excluding carboxylic acids is 1. The summed E-state index contributed by atoms with van der Waals surface area (Å²) < 4.78 is 37.1. The van der Waals surface area contributed by atoms with E-state index in [1.807, 2.05) is 13.8 Å². The molecule has 146 valence electrons. The van der Waals surface area contributed by atoms with Gasteiger partial charge in [-0.25, -0.2) is 13.1 Å². The fraction of sp³-hybridized carbons (Fsp3) is 0.278. The lowest BCUT2D eigenvalue weighted by Gasteiger charge is -2.14. The maximum absolute atomic E-state index is 12.7. The summed E-state index contributed by atoms with van der Waals surface area (Å²) in [6, 6.07) is 8.96. The molecule has 2 aromatic carbocycles. The van der Waals surface area contributed by atoms with Crippen LogP contribution >= 0.6 is 11.6 Å². The Hall–Kier alpha value is -2.29. The van der Waals surface area contributed by atoms with Gasteiger partial charge in [0.2, 0.25) is 10.0 Å². The van der Waals surface area contributed by atoms with Gasteiger partial charge in [0.05, 0.1) is 34.4 Å². The SMILES string of the molecule is CCOc1ccc(OCC)c(NC(=O)c2cc(S(=O)(=O)NC)ccc2Cl)c1. The molecule has 0 spiro atoms. The third-order valence-corrected chi connectivity index (χ3v) is 5.31. The Bertz CT molecular complexity index is 931. The van der Waals surface area contributed by atoms with Crippen LogP contribution in [0.1, 0.15) is 24.2 Å². The van der Waals surface area contributed by atoms with Gasteiger partial charge in [0.25, 0.3) is 5.91 Å². The number of amides is 1. The number of hydrogen-bond donors (Lipinski definition) is 2. The Kier molecular flexibility index (Phi) is 7.06. The molecule has 1 amide bonds. The fourth-order valence-electron chi connectivity index (χ4n) is 2.30. The van der Waals surface area contributed by atoms with Gasteiger partial charge in [-0.15, -0.1) is 0 Å². The highest BCUT2D eigenvalue weighted by atomic mass is 35.5. The van der Waals surface area contributed by atoms with E-state index in [1.165, 1.54) is 25.2 Å². The second kappa shape index (κ2) is 9.07. The molecule has 27 heavy (non-hydrogen) atoms. The number of nitrogens with one attached hydrogen (secondary N) is 2. The normalized spacial score (nSPS) is 11.1. The van der Waals surface area contributed by atoms with Crippen molar-refractivity contribution in [3.63, 3.8) is 0 Å². The van der Waals surface area contributed by atoms with Crippen molar-refractivity contribution >= 4 is 33.2 Å². The molecule has 0 aromatic heterocycles. The number of anilines is 1. The first-order valence-electron chi connectivity index (χ1n) is 8.26. The van der Waals surface area contributed by atoms with Crippen molar-refractivity contribution in [2.45, 2.75) is 18.7 Å². The van der Waals surface area contributed by atoms with Gasteiger partial charge in [0.1, 0.15) is 11.5 Å². The average Bonchev–Trinajstić information content (AvgIpc) is 2.64. The van der Waals surface area contributed by atoms with Crippen LogP contribution in [0.3, 0.4) is 0 Å². The quantitative estimate of drug-likeness (QED) is 0.693. The van der Waals surface area contributed by atoms with Crippen LogP contribution in [0.25, 0.3) is 0 Å². The van der Waals surface area contributed by atoms with Gasteiger partial charge < -0.3 is 14.8 Å². The largest absolute Gasteiger partial charge is 0.494 e. The molecule has 9 heteroatoms. The highest BCUT2D eigenvalue weighted by Gasteiger charge is 2.19. The van der Waals surface area contributed by atoms with E-state index in [1.54, 1.807) is 18.2 Å². The molecular weight excluding hydrogens is 392 g/mol. The lowest BCUT2D eigenvalue weighted by Crippen LogP contribution is -2.20. The first kappa shape index (κ1) is 21.0. The minimum atomic E-state index is -3.71. The average molecular weight is 413 g/mol. The zero-order chi connectivity index (χ0) is 20.0. The zero-order valence-electron chi connectivity index (χ0n) is 15.2. The number of halogens is 1. The number of benzene rings is 2. The standard InChI is InChI=1S/C18H21ClN2O5S/c1-4-25-12-6-9-17(26-5-2)16(10-12)21-18(22)14-11-13(7-8-15(14)19)27(23,24)20-3/h6-11,20H,4-5H2,1-3H3,(H,21,22). The summed E-state index contributed by atoms with van der Waals surface area (Å²) in [5.41, 5.74) is 0.419. The number of ether oxygens (including phenoxy) is 2. The highest BCUT2D eigenvalue weighted by molar-refractivity contribution is 7.89. The van der Waals surface area contributed by atoms with E-state index in [9.17, 15) is 13.2 Å². The summed E-state index contributed by atoms with van der Waals surface area (Å²) in [5, 5.41) is 2.83. The van der Waals surface area contributed by atoms with E-state index >= 15 is 0 Å². The smallest absolute Gasteiger partial charge is 0.257 e.